The molecular weight excluding hydrogens is 357 g/mol. The molecule has 3 aromatic rings. The lowest BCUT2D eigenvalue weighted by Crippen LogP contribution is -2.41. The van der Waals surface area contributed by atoms with Crippen molar-refractivity contribution in [1.82, 2.24) is 4.98 Å². The van der Waals surface area contributed by atoms with Crippen LogP contribution in [-0.2, 0) is 9.31 Å². The Hall–Kier alpha value is -2.56. The Morgan fingerprint density at radius 3 is 2.14 bits per heavy atom. The van der Waals surface area contributed by atoms with Gasteiger partial charge in [0, 0.05) is 22.2 Å². The number of fused-ring (bicyclic) bond motifs is 1. The van der Waals surface area contributed by atoms with Crippen LogP contribution in [0.5, 0.6) is 0 Å². The van der Waals surface area contributed by atoms with Crippen LogP contribution in [0.2, 0.25) is 0 Å². The van der Waals surface area contributed by atoms with Crippen molar-refractivity contribution in [2.45, 2.75) is 45.8 Å². The normalized spacial score (nSPS) is 18.0. The van der Waals surface area contributed by atoms with Crippen molar-refractivity contribution < 1.29 is 9.31 Å². The van der Waals surface area contributed by atoms with E-state index in [0.29, 0.717) is 0 Å². The van der Waals surface area contributed by atoms with Crippen LogP contribution < -0.4 is 5.46 Å². The second kappa shape index (κ2) is 7.05. The molecule has 1 fully saturated rings. The van der Waals surface area contributed by atoms with E-state index in [1.165, 1.54) is 16.5 Å². The largest absolute Gasteiger partial charge is 0.494 e. The van der Waals surface area contributed by atoms with Gasteiger partial charge in [0.1, 0.15) is 0 Å². The van der Waals surface area contributed by atoms with Gasteiger partial charge in [0.05, 0.1) is 11.2 Å². The molecule has 29 heavy (non-hydrogen) atoms. The zero-order valence-corrected chi connectivity index (χ0v) is 17.9. The number of benzene rings is 2. The van der Waals surface area contributed by atoms with Crippen molar-refractivity contribution in [3.8, 4) is 11.1 Å². The number of hydrogen-bond donors (Lipinski definition) is 1. The molecule has 3 nitrogen and oxygen atoms in total. The van der Waals surface area contributed by atoms with Crippen LogP contribution >= 0.6 is 0 Å². The van der Waals surface area contributed by atoms with Gasteiger partial charge >= 0.3 is 7.12 Å². The Bertz CT molecular complexity index is 1070. The predicted molar refractivity (Wildman–Crippen MR) is 124 cm³/mol. The van der Waals surface area contributed by atoms with Gasteiger partial charge in [-0.15, -0.1) is 0 Å². The first-order valence-electron chi connectivity index (χ1n) is 10.1. The van der Waals surface area contributed by atoms with Gasteiger partial charge in [-0.2, -0.15) is 0 Å². The van der Waals surface area contributed by atoms with E-state index in [4.69, 9.17) is 9.31 Å². The number of hydrogen-bond acceptors (Lipinski definition) is 2. The molecule has 0 atom stereocenters. The fourth-order valence-electron chi connectivity index (χ4n) is 3.74. The minimum Gasteiger partial charge on any atom is -0.399 e. The van der Waals surface area contributed by atoms with Crippen LogP contribution in [0.4, 0.5) is 0 Å². The van der Waals surface area contributed by atoms with Crippen molar-refractivity contribution in [3.05, 3.63) is 66.4 Å². The maximum Gasteiger partial charge on any atom is 0.494 e. The SMILES string of the molecule is C=Cc1[nH]c2cc(-c3ccc(B4OC(C)(C)C(C)(C)O4)cc3)ccc2c1/C=C\C. The summed E-state index contributed by atoms with van der Waals surface area (Å²) in [5, 5.41) is 1.20. The highest BCUT2D eigenvalue weighted by Crippen LogP contribution is 2.36. The van der Waals surface area contributed by atoms with Crippen molar-refractivity contribution in [2.24, 2.45) is 0 Å². The lowest BCUT2D eigenvalue weighted by molar-refractivity contribution is 0.00578. The van der Waals surface area contributed by atoms with Gasteiger partial charge < -0.3 is 14.3 Å². The van der Waals surface area contributed by atoms with E-state index in [2.05, 4.69) is 93.9 Å². The first-order valence-corrected chi connectivity index (χ1v) is 10.1. The molecule has 0 saturated carbocycles. The van der Waals surface area contributed by atoms with E-state index in [9.17, 15) is 0 Å². The highest BCUT2D eigenvalue weighted by atomic mass is 16.7. The molecule has 1 aliphatic rings. The molecule has 4 heteroatoms. The predicted octanol–water partition coefficient (Wildman–Crippen LogP) is 5.81. The van der Waals surface area contributed by atoms with E-state index >= 15 is 0 Å². The summed E-state index contributed by atoms with van der Waals surface area (Å²) in [4.78, 5) is 3.47. The third kappa shape index (κ3) is 3.37. The standard InChI is InChI=1S/C25H28BNO2/c1-7-9-20-21-15-12-18(16-23(21)27-22(20)8-2)17-10-13-19(14-11-17)26-28-24(3,4)25(5,6)29-26/h7-16,27H,2H2,1,3-6H3/b9-7-. The number of H-pyrrole nitrogens is 1. The molecule has 2 heterocycles. The van der Waals surface area contributed by atoms with Crippen LogP contribution in [0.15, 0.2) is 55.1 Å². The molecule has 0 bridgehead atoms. The molecule has 0 unspecified atom stereocenters. The van der Waals surface area contributed by atoms with Gasteiger partial charge in [0.25, 0.3) is 0 Å². The summed E-state index contributed by atoms with van der Waals surface area (Å²) in [6.45, 7) is 14.3. The van der Waals surface area contributed by atoms with Crippen LogP contribution in [0.3, 0.4) is 0 Å². The smallest absolute Gasteiger partial charge is 0.399 e. The van der Waals surface area contributed by atoms with Crippen LogP contribution in [0.25, 0.3) is 34.2 Å². The molecule has 0 spiro atoms. The molecule has 1 N–H and O–H groups in total. The molecule has 148 valence electrons. The highest BCUT2D eigenvalue weighted by molar-refractivity contribution is 6.62. The summed E-state index contributed by atoms with van der Waals surface area (Å²) in [5.74, 6) is 0. The van der Waals surface area contributed by atoms with Crippen molar-refractivity contribution in [1.29, 1.82) is 0 Å². The molecule has 0 aliphatic carbocycles. The van der Waals surface area contributed by atoms with Gasteiger partial charge in [-0.3, -0.25) is 0 Å². The molecule has 2 aromatic carbocycles. The number of aromatic nitrogens is 1. The third-order valence-corrected chi connectivity index (χ3v) is 6.18. The summed E-state index contributed by atoms with van der Waals surface area (Å²) in [5.41, 5.74) is 6.05. The second-order valence-corrected chi connectivity index (χ2v) is 8.63. The number of rotatable bonds is 4. The molecule has 4 rings (SSSR count). The number of nitrogens with one attached hydrogen (secondary N) is 1. The lowest BCUT2D eigenvalue weighted by atomic mass is 9.78. The Morgan fingerprint density at radius 2 is 1.55 bits per heavy atom. The van der Waals surface area contributed by atoms with Crippen LogP contribution in [-0.4, -0.2) is 23.3 Å². The fraction of sp³-hybridized carbons (Fsp3) is 0.280. The first-order chi connectivity index (χ1) is 13.8. The van der Waals surface area contributed by atoms with Crippen LogP contribution in [0, 0.1) is 0 Å². The average molecular weight is 385 g/mol. The second-order valence-electron chi connectivity index (χ2n) is 8.63. The minimum absolute atomic E-state index is 0.331. The monoisotopic (exact) mass is 385 g/mol. The molecule has 1 aliphatic heterocycles. The Morgan fingerprint density at radius 1 is 0.931 bits per heavy atom. The van der Waals surface area contributed by atoms with E-state index in [1.807, 2.05) is 13.0 Å². The maximum absolute atomic E-state index is 6.16. The Labute approximate surface area is 173 Å². The van der Waals surface area contributed by atoms with Crippen molar-refractivity contribution in [2.75, 3.05) is 0 Å². The van der Waals surface area contributed by atoms with Gasteiger partial charge in [-0.25, -0.2) is 0 Å². The number of allylic oxidation sites excluding steroid dienone is 1. The molecule has 1 saturated heterocycles. The summed E-state index contributed by atoms with van der Waals surface area (Å²) >= 11 is 0. The quantitative estimate of drug-likeness (QED) is 0.575. The first kappa shape index (κ1) is 19.7. The third-order valence-electron chi connectivity index (χ3n) is 6.18. The Balaban J connectivity index is 1.64. The van der Waals surface area contributed by atoms with Crippen molar-refractivity contribution in [3.63, 3.8) is 0 Å². The summed E-state index contributed by atoms with van der Waals surface area (Å²) in [6, 6.07) is 15.0. The van der Waals surface area contributed by atoms with Crippen LogP contribution in [0.1, 0.15) is 45.9 Å². The number of aromatic amines is 1. The average Bonchev–Trinajstić information content (AvgIpc) is 3.15. The van der Waals surface area contributed by atoms with Gasteiger partial charge in [-0.1, -0.05) is 55.1 Å². The summed E-state index contributed by atoms with van der Waals surface area (Å²) < 4.78 is 12.3. The van der Waals surface area contributed by atoms with E-state index < -0.39 is 0 Å². The fourth-order valence-corrected chi connectivity index (χ4v) is 3.74. The molecular formula is C25H28BNO2. The Kier molecular flexibility index (Phi) is 4.80. The zero-order valence-electron chi connectivity index (χ0n) is 17.9. The molecule has 0 amide bonds. The minimum atomic E-state index is -0.335. The molecule has 1 aromatic heterocycles. The van der Waals surface area contributed by atoms with Gasteiger partial charge in [0.15, 0.2) is 0 Å². The summed E-state index contributed by atoms with van der Waals surface area (Å²) in [6.07, 6.45) is 6.04. The van der Waals surface area contributed by atoms with E-state index in [0.717, 1.165) is 22.2 Å². The van der Waals surface area contributed by atoms with Gasteiger partial charge in [-0.05, 0) is 63.4 Å². The molecule has 0 radical (unpaired) electrons. The maximum atomic E-state index is 6.16. The van der Waals surface area contributed by atoms with E-state index in [-0.39, 0.29) is 18.3 Å². The summed E-state index contributed by atoms with van der Waals surface area (Å²) in [7, 11) is -0.335. The topological polar surface area (TPSA) is 34.2 Å². The zero-order chi connectivity index (χ0) is 20.8. The van der Waals surface area contributed by atoms with E-state index in [1.54, 1.807) is 0 Å². The highest BCUT2D eigenvalue weighted by Gasteiger charge is 2.51. The lowest BCUT2D eigenvalue weighted by Gasteiger charge is -2.32. The van der Waals surface area contributed by atoms with Crippen molar-refractivity contribution >= 4 is 35.6 Å². The van der Waals surface area contributed by atoms with Gasteiger partial charge in [0.2, 0.25) is 0 Å².